The second-order valence-electron chi connectivity index (χ2n) is 5.19. The molecule has 2 rings (SSSR count). The average Bonchev–Trinajstić information content (AvgIpc) is 2.29. The van der Waals surface area contributed by atoms with Crippen molar-refractivity contribution in [2.45, 2.75) is 26.3 Å². The fourth-order valence-corrected chi connectivity index (χ4v) is 1.71. The highest BCUT2D eigenvalue weighted by atomic mass is 14.9. The lowest BCUT2D eigenvalue weighted by Gasteiger charge is -2.22. The Labute approximate surface area is 103 Å². The van der Waals surface area contributed by atoms with E-state index >= 15 is 0 Å². The molecule has 1 aromatic carbocycles. The summed E-state index contributed by atoms with van der Waals surface area (Å²) in [6.07, 6.45) is 3.67. The van der Waals surface area contributed by atoms with Crippen LogP contribution in [-0.4, -0.2) is 10.5 Å². The molecule has 0 saturated heterocycles. The molecule has 0 radical (unpaired) electrons. The van der Waals surface area contributed by atoms with Crippen LogP contribution in [0.4, 0.5) is 5.69 Å². The zero-order chi connectivity index (χ0) is 12.3. The Kier molecular flexibility index (Phi) is 3.14. The molecule has 0 unspecified atom stereocenters. The van der Waals surface area contributed by atoms with Gasteiger partial charge in [-0.25, -0.2) is 0 Å². The first-order chi connectivity index (χ1) is 8.04. The van der Waals surface area contributed by atoms with Gasteiger partial charge in [-0.15, -0.1) is 0 Å². The van der Waals surface area contributed by atoms with Crippen molar-refractivity contribution in [3.05, 3.63) is 48.8 Å². The molecule has 2 nitrogen and oxygen atoms in total. The predicted octanol–water partition coefficient (Wildman–Crippen LogP) is 3.96. The standard InChI is InChI=1S/C15H18N2/c1-15(2,3)17-14-8-6-12(7-9-14)13-5-4-10-16-11-13/h4-11,17H,1-3H3. The van der Waals surface area contributed by atoms with Gasteiger partial charge in [0.1, 0.15) is 0 Å². The second kappa shape index (κ2) is 4.58. The van der Waals surface area contributed by atoms with E-state index in [2.05, 4.69) is 61.4 Å². The molecule has 0 saturated carbocycles. The van der Waals surface area contributed by atoms with Gasteiger partial charge in [-0.1, -0.05) is 18.2 Å². The van der Waals surface area contributed by atoms with Gasteiger partial charge in [0.25, 0.3) is 0 Å². The van der Waals surface area contributed by atoms with Gasteiger partial charge in [-0.3, -0.25) is 4.98 Å². The van der Waals surface area contributed by atoms with Crippen LogP contribution in [0.3, 0.4) is 0 Å². The highest BCUT2D eigenvalue weighted by molar-refractivity contribution is 5.65. The third-order valence-corrected chi connectivity index (χ3v) is 2.40. The topological polar surface area (TPSA) is 24.9 Å². The van der Waals surface area contributed by atoms with E-state index in [4.69, 9.17) is 0 Å². The summed E-state index contributed by atoms with van der Waals surface area (Å²) < 4.78 is 0. The normalized spacial score (nSPS) is 11.2. The van der Waals surface area contributed by atoms with Crippen molar-refractivity contribution in [2.24, 2.45) is 0 Å². The number of nitrogens with zero attached hydrogens (tertiary/aromatic N) is 1. The van der Waals surface area contributed by atoms with Gasteiger partial charge in [0.15, 0.2) is 0 Å². The van der Waals surface area contributed by atoms with Crippen molar-refractivity contribution in [1.82, 2.24) is 4.98 Å². The van der Waals surface area contributed by atoms with Gasteiger partial charge in [-0.05, 0) is 50.1 Å². The zero-order valence-corrected chi connectivity index (χ0v) is 10.6. The van der Waals surface area contributed by atoms with Crippen molar-refractivity contribution in [3.63, 3.8) is 0 Å². The quantitative estimate of drug-likeness (QED) is 0.838. The Morgan fingerprint density at radius 1 is 0.941 bits per heavy atom. The molecule has 2 heteroatoms. The van der Waals surface area contributed by atoms with Crippen molar-refractivity contribution < 1.29 is 0 Å². The first kappa shape index (κ1) is 11.6. The Morgan fingerprint density at radius 2 is 1.65 bits per heavy atom. The number of benzene rings is 1. The molecule has 0 atom stereocenters. The van der Waals surface area contributed by atoms with Crippen LogP contribution in [0.15, 0.2) is 48.8 Å². The highest BCUT2D eigenvalue weighted by Gasteiger charge is 2.08. The van der Waals surface area contributed by atoms with E-state index < -0.39 is 0 Å². The maximum Gasteiger partial charge on any atom is 0.0346 e. The fourth-order valence-electron chi connectivity index (χ4n) is 1.71. The number of nitrogens with one attached hydrogen (secondary N) is 1. The molecule has 0 spiro atoms. The Balaban J connectivity index is 2.19. The molecule has 0 fully saturated rings. The molecule has 2 aromatic rings. The van der Waals surface area contributed by atoms with Crippen LogP contribution in [0.2, 0.25) is 0 Å². The lowest BCUT2D eigenvalue weighted by Crippen LogP contribution is -2.25. The highest BCUT2D eigenvalue weighted by Crippen LogP contribution is 2.21. The summed E-state index contributed by atoms with van der Waals surface area (Å²) >= 11 is 0. The van der Waals surface area contributed by atoms with E-state index in [9.17, 15) is 0 Å². The molecule has 0 aliphatic heterocycles. The molecule has 1 aromatic heterocycles. The number of anilines is 1. The maximum absolute atomic E-state index is 4.13. The van der Waals surface area contributed by atoms with Crippen molar-refractivity contribution in [1.29, 1.82) is 0 Å². The van der Waals surface area contributed by atoms with Crippen molar-refractivity contribution >= 4 is 5.69 Å². The van der Waals surface area contributed by atoms with E-state index in [1.54, 1.807) is 6.20 Å². The Morgan fingerprint density at radius 3 is 2.18 bits per heavy atom. The zero-order valence-electron chi connectivity index (χ0n) is 10.6. The summed E-state index contributed by atoms with van der Waals surface area (Å²) in [7, 11) is 0. The minimum atomic E-state index is 0.0931. The van der Waals surface area contributed by atoms with Crippen LogP contribution in [-0.2, 0) is 0 Å². The van der Waals surface area contributed by atoms with Gasteiger partial charge >= 0.3 is 0 Å². The van der Waals surface area contributed by atoms with Crippen LogP contribution in [0.25, 0.3) is 11.1 Å². The molecule has 1 heterocycles. The van der Waals surface area contributed by atoms with Crippen LogP contribution in [0, 0.1) is 0 Å². The predicted molar refractivity (Wildman–Crippen MR) is 73.0 cm³/mol. The van der Waals surface area contributed by atoms with Crippen molar-refractivity contribution in [3.8, 4) is 11.1 Å². The lowest BCUT2D eigenvalue weighted by molar-refractivity contribution is 0.634. The number of rotatable bonds is 2. The van der Waals surface area contributed by atoms with Gasteiger partial charge < -0.3 is 5.32 Å². The van der Waals surface area contributed by atoms with E-state index in [1.807, 2.05) is 12.3 Å². The van der Waals surface area contributed by atoms with Crippen LogP contribution in [0.1, 0.15) is 20.8 Å². The lowest BCUT2D eigenvalue weighted by atomic mass is 10.1. The number of hydrogen-bond acceptors (Lipinski definition) is 2. The van der Waals surface area contributed by atoms with Crippen LogP contribution in [0.5, 0.6) is 0 Å². The molecule has 1 N–H and O–H groups in total. The molecular weight excluding hydrogens is 208 g/mol. The number of pyridine rings is 1. The smallest absolute Gasteiger partial charge is 0.0346 e. The largest absolute Gasteiger partial charge is 0.380 e. The van der Waals surface area contributed by atoms with E-state index in [1.165, 1.54) is 5.56 Å². The minimum Gasteiger partial charge on any atom is -0.380 e. The Hall–Kier alpha value is -1.83. The number of aromatic nitrogens is 1. The summed E-state index contributed by atoms with van der Waals surface area (Å²) in [5, 5.41) is 3.44. The Bertz CT molecular complexity index is 467. The summed E-state index contributed by atoms with van der Waals surface area (Å²) in [5.41, 5.74) is 3.58. The maximum atomic E-state index is 4.13. The monoisotopic (exact) mass is 226 g/mol. The first-order valence-corrected chi connectivity index (χ1v) is 5.83. The average molecular weight is 226 g/mol. The van der Waals surface area contributed by atoms with Crippen LogP contribution < -0.4 is 5.32 Å². The van der Waals surface area contributed by atoms with Gasteiger partial charge in [-0.2, -0.15) is 0 Å². The van der Waals surface area contributed by atoms with E-state index in [0.717, 1.165) is 11.3 Å². The summed E-state index contributed by atoms with van der Waals surface area (Å²) in [4.78, 5) is 4.13. The molecule has 88 valence electrons. The molecule has 0 bridgehead atoms. The summed E-state index contributed by atoms with van der Waals surface area (Å²) in [6.45, 7) is 6.46. The molecule has 0 aliphatic carbocycles. The van der Waals surface area contributed by atoms with E-state index in [0.29, 0.717) is 0 Å². The third kappa shape index (κ3) is 3.31. The van der Waals surface area contributed by atoms with E-state index in [-0.39, 0.29) is 5.54 Å². The van der Waals surface area contributed by atoms with Gasteiger partial charge in [0.2, 0.25) is 0 Å². The van der Waals surface area contributed by atoms with Gasteiger partial charge in [0.05, 0.1) is 0 Å². The van der Waals surface area contributed by atoms with Gasteiger partial charge in [0, 0.05) is 23.6 Å². The summed E-state index contributed by atoms with van der Waals surface area (Å²) in [5.74, 6) is 0. The molecular formula is C15H18N2. The third-order valence-electron chi connectivity index (χ3n) is 2.40. The second-order valence-corrected chi connectivity index (χ2v) is 5.19. The SMILES string of the molecule is CC(C)(C)Nc1ccc(-c2cccnc2)cc1. The number of hydrogen-bond donors (Lipinski definition) is 1. The molecule has 0 amide bonds. The minimum absolute atomic E-state index is 0.0931. The summed E-state index contributed by atoms with van der Waals surface area (Å²) in [6, 6.07) is 12.5. The van der Waals surface area contributed by atoms with Crippen LogP contribution >= 0.6 is 0 Å². The fraction of sp³-hybridized carbons (Fsp3) is 0.267. The van der Waals surface area contributed by atoms with Crippen molar-refractivity contribution in [2.75, 3.05) is 5.32 Å². The first-order valence-electron chi connectivity index (χ1n) is 5.83. The molecule has 17 heavy (non-hydrogen) atoms. The molecule has 0 aliphatic rings.